The highest BCUT2D eigenvalue weighted by molar-refractivity contribution is 5.92. The second-order valence-corrected chi connectivity index (χ2v) is 4.87. The normalized spacial score (nSPS) is 12.1. The lowest BCUT2D eigenvalue weighted by Crippen LogP contribution is -2.19. The SMILES string of the molecule is CC(NCc1cccc(C(N)=O)c1)c1cc(F)cc(F)c1. The zero-order valence-electron chi connectivity index (χ0n) is 11.6. The number of halogens is 2. The number of primary amides is 1. The largest absolute Gasteiger partial charge is 0.366 e. The molecule has 0 saturated heterocycles. The van der Waals surface area contributed by atoms with E-state index in [0.717, 1.165) is 11.6 Å². The molecule has 0 fully saturated rings. The van der Waals surface area contributed by atoms with Crippen LogP contribution in [0.5, 0.6) is 0 Å². The van der Waals surface area contributed by atoms with Gasteiger partial charge in [0.1, 0.15) is 11.6 Å². The molecule has 3 nitrogen and oxygen atoms in total. The number of hydrogen-bond acceptors (Lipinski definition) is 2. The van der Waals surface area contributed by atoms with Crippen molar-refractivity contribution in [3.8, 4) is 0 Å². The molecule has 0 aliphatic rings. The summed E-state index contributed by atoms with van der Waals surface area (Å²) >= 11 is 0. The molecular weight excluding hydrogens is 274 g/mol. The van der Waals surface area contributed by atoms with E-state index in [0.29, 0.717) is 17.7 Å². The lowest BCUT2D eigenvalue weighted by molar-refractivity contribution is 0.1000. The maximum atomic E-state index is 13.2. The molecule has 5 heteroatoms. The van der Waals surface area contributed by atoms with Crippen molar-refractivity contribution in [3.05, 3.63) is 70.8 Å². The summed E-state index contributed by atoms with van der Waals surface area (Å²) in [5.41, 5.74) is 7.05. The van der Waals surface area contributed by atoms with Crippen molar-refractivity contribution >= 4 is 5.91 Å². The van der Waals surface area contributed by atoms with Crippen LogP contribution in [0.4, 0.5) is 8.78 Å². The number of carbonyl (C=O) groups is 1. The van der Waals surface area contributed by atoms with Crippen LogP contribution in [0.15, 0.2) is 42.5 Å². The van der Waals surface area contributed by atoms with Gasteiger partial charge in [0.15, 0.2) is 0 Å². The summed E-state index contributed by atoms with van der Waals surface area (Å²) in [6.07, 6.45) is 0. The highest BCUT2D eigenvalue weighted by Crippen LogP contribution is 2.16. The number of rotatable bonds is 5. The number of hydrogen-bond donors (Lipinski definition) is 2. The van der Waals surface area contributed by atoms with E-state index in [2.05, 4.69) is 5.32 Å². The fourth-order valence-electron chi connectivity index (χ4n) is 2.05. The van der Waals surface area contributed by atoms with Crippen LogP contribution < -0.4 is 11.1 Å². The topological polar surface area (TPSA) is 55.1 Å². The number of amides is 1. The van der Waals surface area contributed by atoms with Crippen molar-refractivity contribution in [2.45, 2.75) is 19.5 Å². The summed E-state index contributed by atoms with van der Waals surface area (Å²) in [6, 6.07) is 10.1. The van der Waals surface area contributed by atoms with Gasteiger partial charge in [0.25, 0.3) is 0 Å². The summed E-state index contributed by atoms with van der Waals surface area (Å²) in [7, 11) is 0. The van der Waals surface area contributed by atoms with E-state index in [1.54, 1.807) is 18.2 Å². The molecule has 0 aliphatic carbocycles. The van der Waals surface area contributed by atoms with E-state index in [1.807, 2.05) is 13.0 Å². The third kappa shape index (κ3) is 4.10. The van der Waals surface area contributed by atoms with Gasteiger partial charge in [-0.1, -0.05) is 12.1 Å². The van der Waals surface area contributed by atoms with Gasteiger partial charge in [0.2, 0.25) is 5.91 Å². The molecule has 3 N–H and O–H groups in total. The Morgan fingerprint density at radius 2 is 1.86 bits per heavy atom. The lowest BCUT2D eigenvalue weighted by Gasteiger charge is -2.15. The van der Waals surface area contributed by atoms with Crippen LogP contribution in [0, 0.1) is 11.6 Å². The molecule has 110 valence electrons. The summed E-state index contributed by atoms with van der Waals surface area (Å²) in [5, 5.41) is 3.15. The van der Waals surface area contributed by atoms with E-state index >= 15 is 0 Å². The molecule has 0 heterocycles. The zero-order valence-corrected chi connectivity index (χ0v) is 11.6. The molecule has 2 rings (SSSR count). The third-order valence-corrected chi connectivity index (χ3v) is 3.21. The maximum absolute atomic E-state index is 13.2. The Morgan fingerprint density at radius 1 is 1.19 bits per heavy atom. The average Bonchev–Trinajstić information content (AvgIpc) is 2.44. The molecule has 0 aliphatic heterocycles. The molecule has 0 spiro atoms. The van der Waals surface area contributed by atoms with Gasteiger partial charge in [-0.05, 0) is 42.3 Å². The Balaban J connectivity index is 2.05. The van der Waals surface area contributed by atoms with Crippen LogP contribution in [0.2, 0.25) is 0 Å². The predicted molar refractivity (Wildman–Crippen MR) is 76.6 cm³/mol. The molecule has 21 heavy (non-hydrogen) atoms. The minimum Gasteiger partial charge on any atom is -0.366 e. The summed E-state index contributed by atoms with van der Waals surface area (Å²) in [6.45, 7) is 2.27. The molecule has 0 bridgehead atoms. The van der Waals surface area contributed by atoms with Crippen molar-refractivity contribution in [2.24, 2.45) is 5.73 Å². The summed E-state index contributed by atoms with van der Waals surface area (Å²) < 4.78 is 26.3. The van der Waals surface area contributed by atoms with E-state index in [4.69, 9.17) is 5.73 Å². The first-order valence-corrected chi connectivity index (χ1v) is 6.54. The minimum absolute atomic E-state index is 0.229. The number of benzene rings is 2. The van der Waals surface area contributed by atoms with Gasteiger partial charge < -0.3 is 11.1 Å². The fraction of sp³-hybridized carbons (Fsp3) is 0.188. The van der Waals surface area contributed by atoms with Gasteiger partial charge in [-0.25, -0.2) is 8.78 Å². The van der Waals surface area contributed by atoms with Crippen LogP contribution in [0.1, 0.15) is 34.5 Å². The third-order valence-electron chi connectivity index (χ3n) is 3.21. The Hall–Kier alpha value is -2.27. The van der Waals surface area contributed by atoms with Gasteiger partial charge in [0.05, 0.1) is 0 Å². The van der Waals surface area contributed by atoms with Crippen LogP contribution >= 0.6 is 0 Å². The molecule has 0 aromatic heterocycles. The first-order chi connectivity index (χ1) is 9.95. The standard InChI is InChI=1S/C16H16F2N2O/c1-10(13-6-14(17)8-15(18)7-13)20-9-11-3-2-4-12(5-11)16(19)21/h2-8,10,20H,9H2,1H3,(H2,19,21). The fourth-order valence-corrected chi connectivity index (χ4v) is 2.05. The Morgan fingerprint density at radius 3 is 2.48 bits per heavy atom. The van der Waals surface area contributed by atoms with Crippen LogP contribution in [-0.4, -0.2) is 5.91 Å². The van der Waals surface area contributed by atoms with E-state index in [9.17, 15) is 13.6 Å². The van der Waals surface area contributed by atoms with Gasteiger partial charge in [0, 0.05) is 24.2 Å². The first-order valence-electron chi connectivity index (χ1n) is 6.54. The van der Waals surface area contributed by atoms with Crippen molar-refractivity contribution in [3.63, 3.8) is 0 Å². The molecular formula is C16H16F2N2O. The highest BCUT2D eigenvalue weighted by Gasteiger charge is 2.09. The van der Waals surface area contributed by atoms with E-state index in [-0.39, 0.29) is 6.04 Å². The van der Waals surface area contributed by atoms with E-state index in [1.165, 1.54) is 12.1 Å². The second-order valence-electron chi connectivity index (χ2n) is 4.87. The maximum Gasteiger partial charge on any atom is 0.248 e. The van der Waals surface area contributed by atoms with Crippen LogP contribution in [-0.2, 0) is 6.54 Å². The minimum atomic E-state index is -0.602. The van der Waals surface area contributed by atoms with Gasteiger partial charge in [-0.2, -0.15) is 0 Å². The van der Waals surface area contributed by atoms with Crippen molar-refractivity contribution < 1.29 is 13.6 Å². The predicted octanol–water partition coefficient (Wildman–Crippen LogP) is 2.91. The zero-order chi connectivity index (χ0) is 15.4. The van der Waals surface area contributed by atoms with Crippen molar-refractivity contribution in [1.82, 2.24) is 5.32 Å². The van der Waals surface area contributed by atoms with E-state index < -0.39 is 17.5 Å². The molecule has 1 unspecified atom stereocenters. The van der Waals surface area contributed by atoms with Gasteiger partial charge >= 0.3 is 0 Å². The van der Waals surface area contributed by atoms with Crippen LogP contribution in [0.3, 0.4) is 0 Å². The number of carbonyl (C=O) groups excluding carboxylic acids is 1. The number of nitrogens with one attached hydrogen (secondary N) is 1. The van der Waals surface area contributed by atoms with Crippen molar-refractivity contribution in [1.29, 1.82) is 0 Å². The quantitative estimate of drug-likeness (QED) is 0.889. The van der Waals surface area contributed by atoms with Crippen LogP contribution in [0.25, 0.3) is 0 Å². The van der Waals surface area contributed by atoms with Crippen molar-refractivity contribution in [2.75, 3.05) is 0 Å². The number of nitrogens with two attached hydrogens (primary N) is 1. The first kappa shape index (κ1) is 15.1. The molecule has 2 aromatic rings. The molecule has 1 atom stereocenters. The molecule has 2 aromatic carbocycles. The average molecular weight is 290 g/mol. The Labute approximate surface area is 121 Å². The van der Waals surface area contributed by atoms with Gasteiger partial charge in [-0.15, -0.1) is 0 Å². The summed E-state index contributed by atoms with van der Waals surface area (Å²) in [5.74, 6) is -1.69. The smallest absolute Gasteiger partial charge is 0.248 e. The molecule has 1 amide bonds. The molecule has 0 saturated carbocycles. The lowest BCUT2D eigenvalue weighted by atomic mass is 10.1. The Bertz CT molecular complexity index is 638. The monoisotopic (exact) mass is 290 g/mol. The van der Waals surface area contributed by atoms with Gasteiger partial charge in [-0.3, -0.25) is 4.79 Å². The Kier molecular flexibility index (Phi) is 4.65. The summed E-state index contributed by atoms with van der Waals surface area (Å²) in [4.78, 5) is 11.1. The second kappa shape index (κ2) is 6.45. The highest BCUT2D eigenvalue weighted by atomic mass is 19.1. The molecule has 0 radical (unpaired) electrons.